The summed E-state index contributed by atoms with van der Waals surface area (Å²) in [5.41, 5.74) is 0.651. The highest BCUT2D eigenvalue weighted by Crippen LogP contribution is 2.30. The van der Waals surface area contributed by atoms with Crippen molar-refractivity contribution < 1.29 is 33.2 Å². The molecule has 0 spiro atoms. The lowest BCUT2D eigenvalue weighted by Crippen LogP contribution is -2.37. The average molecular weight is 720 g/mol. The SMILES string of the molecule is COCCOCCOCCOCCOCCC(=O)Oc1ccc(Nc2nc(NC3CCCCCC3)nc(N(C)C3C=CN(C)CC3)n2)cc1Cl. The molecule has 2 heterocycles. The van der Waals surface area contributed by atoms with Crippen molar-refractivity contribution in [2.45, 2.75) is 63.5 Å². The van der Waals surface area contributed by atoms with Crippen LogP contribution in [0.4, 0.5) is 23.5 Å². The molecule has 0 bridgehead atoms. The van der Waals surface area contributed by atoms with Gasteiger partial charge in [0.05, 0.1) is 76.9 Å². The number of rotatable bonds is 22. The fourth-order valence-electron chi connectivity index (χ4n) is 5.50. The number of hydrogen-bond acceptors (Lipinski definition) is 14. The molecular weight excluding hydrogens is 666 g/mol. The fourth-order valence-corrected chi connectivity index (χ4v) is 5.72. The predicted octanol–water partition coefficient (Wildman–Crippen LogP) is 5.07. The molecule has 1 fully saturated rings. The van der Waals surface area contributed by atoms with E-state index in [4.69, 9.17) is 55.0 Å². The molecule has 15 heteroatoms. The van der Waals surface area contributed by atoms with Crippen molar-refractivity contribution in [1.29, 1.82) is 0 Å². The van der Waals surface area contributed by atoms with Crippen LogP contribution in [0.2, 0.25) is 5.02 Å². The molecule has 0 saturated heterocycles. The second-order valence-corrected chi connectivity index (χ2v) is 12.7. The Balaban J connectivity index is 1.23. The third-order valence-corrected chi connectivity index (χ3v) is 8.67. The summed E-state index contributed by atoms with van der Waals surface area (Å²) in [7, 11) is 5.71. The van der Waals surface area contributed by atoms with E-state index in [2.05, 4.69) is 39.8 Å². The molecule has 1 aromatic heterocycles. The molecule has 2 aromatic rings. The van der Waals surface area contributed by atoms with Crippen molar-refractivity contribution in [3.05, 3.63) is 35.5 Å². The zero-order chi connectivity index (χ0) is 35.4. The van der Waals surface area contributed by atoms with Crippen LogP contribution in [0.25, 0.3) is 0 Å². The van der Waals surface area contributed by atoms with Crippen LogP contribution < -0.4 is 20.3 Å². The van der Waals surface area contributed by atoms with Crippen molar-refractivity contribution in [3.8, 4) is 5.75 Å². The fraction of sp³-hybridized carbons (Fsp3) is 0.657. The zero-order valence-electron chi connectivity index (χ0n) is 29.7. The number of anilines is 4. The Morgan fingerprint density at radius 1 is 0.880 bits per heavy atom. The molecule has 1 aliphatic heterocycles. The van der Waals surface area contributed by atoms with E-state index in [0.29, 0.717) is 82.4 Å². The number of hydrogen-bond donors (Lipinski definition) is 2. The number of carbonyl (C=O) groups is 1. The second kappa shape index (κ2) is 22.5. The molecule has 1 unspecified atom stereocenters. The van der Waals surface area contributed by atoms with Crippen molar-refractivity contribution in [1.82, 2.24) is 19.9 Å². The Morgan fingerprint density at radius 2 is 1.52 bits per heavy atom. The van der Waals surface area contributed by atoms with E-state index < -0.39 is 5.97 Å². The minimum absolute atomic E-state index is 0.0763. The third-order valence-electron chi connectivity index (χ3n) is 8.38. The van der Waals surface area contributed by atoms with Crippen LogP contribution in [-0.4, -0.2) is 125 Å². The van der Waals surface area contributed by atoms with Crippen LogP contribution in [0.3, 0.4) is 0 Å². The van der Waals surface area contributed by atoms with E-state index >= 15 is 0 Å². The van der Waals surface area contributed by atoms with Crippen LogP contribution in [0.1, 0.15) is 51.4 Å². The van der Waals surface area contributed by atoms with Crippen LogP contribution >= 0.6 is 11.6 Å². The maximum atomic E-state index is 12.4. The zero-order valence-corrected chi connectivity index (χ0v) is 30.5. The summed E-state index contributed by atoms with van der Waals surface area (Å²) >= 11 is 6.53. The lowest BCUT2D eigenvalue weighted by atomic mass is 10.1. The van der Waals surface area contributed by atoms with Gasteiger partial charge in [-0.2, -0.15) is 15.0 Å². The number of nitrogens with one attached hydrogen (secondary N) is 2. The summed E-state index contributed by atoms with van der Waals surface area (Å²) in [4.78, 5) is 31.0. The predicted molar refractivity (Wildman–Crippen MR) is 194 cm³/mol. The van der Waals surface area contributed by atoms with Gasteiger partial charge in [0.15, 0.2) is 0 Å². The standard InChI is InChI=1S/C35H54ClN7O7/c1-42-15-12-29(13-16-42)43(2)35-40-33(37-27-8-6-4-5-7-9-27)39-34(41-35)38-28-10-11-31(30(36)26-28)50-32(44)14-17-46-20-21-48-24-25-49-23-22-47-19-18-45-3/h10-12,15,26-27,29H,4-9,13-14,16-25H2,1-3H3,(H2,37,38,39,40,41). The molecule has 278 valence electrons. The van der Waals surface area contributed by atoms with Crippen LogP contribution in [0.5, 0.6) is 5.75 Å². The smallest absolute Gasteiger partial charge is 0.313 e. The first-order valence-electron chi connectivity index (χ1n) is 17.6. The molecule has 2 aliphatic rings. The van der Waals surface area contributed by atoms with Gasteiger partial charge >= 0.3 is 5.97 Å². The van der Waals surface area contributed by atoms with E-state index in [1.54, 1.807) is 25.3 Å². The Hall–Kier alpha value is -3.27. The summed E-state index contributed by atoms with van der Waals surface area (Å²) in [5.74, 6) is 1.33. The largest absolute Gasteiger partial charge is 0.425 e. The van der Waals surface area contributed by atoms with Crippen LogP contribution in [0.15, 0.2) is 30.5 Å². The first-order chi connectivity index (χ1) is 24.4. The van der Waals surface area contributed by atoms with Gasteiger partial charge in [0.25, 0.3) is 0 Å². The monoisotopic (exact) mass is 719 g/mol. The molecular formula is C35H54ClN7O7. The van der Waals surface area contributed by atoms with Gasteiger partial charge in [-0.1, -0.05) is 37.3 Å². The average Bonchev–Trinajstić information content (AvgIpc) is 3.38. The van der Waals surface area contributed by atoms with Gasteiger partial charge < -0.3 is 48.9 Å². The molecule has 1 saturated carbocycles. The van der Waals surface area contributed by atoms with Crippen molar-refractivity contribution in [2.75, 3.05) is 103 Å². The van der Waals surface area contributed by atoms with Gasteiger partial charge in [0.2, 0.25) is 17.8 Å². The summed E-state index contributed by atoms with van der Waals surface area (Å²) in [6.45, 7) is 4.98. The van der Waals surface area contributed by atoms with E-state index in [1.807, 2.05) is 7.05 Å². The molecule has 1 aliphatic carbocycles. The lowest BCUT2D eigenvalue weighted by Gasteiger charge is -2.31. The minimum Gasteiger partial charge on any atom is -0.425 e. The Bertz CT molecular complexity index is 1320. The van der Waals surface area contributed by atoms with Gasteiger partial charge in [-0.3, -0.25) is 4.79 Å². The van der Waals surface area contributed by atoms with E-state index in [9.17, 15) is 4.79 Å². The van der Waals surface area contributed by atoms with Gasteiger partial charge in [-0.15, -0.1) is 0 Å². The lowest BCUT2D eigenvalue weighted by molar-refractivity contribution is -0.135. The highest BCUT2D eigenvalue weighted by molar-refractivity contribution is 6.32. The van der Waals surface area contributed by atoms with Gasteiger partial charge in [0.1, 0.15) is 5.75 Å². The molecule has 2 N–H and O–H groups in total. The quantitative estimate of drug-likeness (QED) is 0.0724. The normalized spacial score (nSPS) is 16.6. The Morgan fingerprint density at radius 3 is 2.14 bits per heavy atom. The van der Waals surface area contributed by atoms with Crippen LogP contribution in [0, 0.1) is 0 Å². The molecule has 0 amide bonds. The summed E-state index contributed by atoms with van der Waals surface area (Å²) < 4.78 is 32.1. The number of halogens is 1. The van der Waals surface area contributed by atoms with E-state index in [-0.39, 0.29) is 29.8 Å². The third kappa shape index (κ3) is 14.5. The maximum absolute atomic E-state index is 12.4. The van der Waals surface area contributed by atoms with Gasteiger partial charge in [-0.25, -0.2) is 0 Å². The van der Waals surface area contributed by atoms with Crippen LogP contribution in [-0.2, 0) is 28.5 Å². The number of methoxy groups -OCH3 is 1. The first kappa shape index (κ1) is 39.5. The minimum atomic E-state index is -0.447. The van der Waals surface area contributed by atoms with Crippen molar-refractivity contribution in [2.24, 2.45) is 0 Å². The molecule has 14 nitrogen and oxygen atoms in total. The molecule has 50 heavy (non-hydrogen) atoms. The molecule has 4 rings (SSSR count). The molecule has 1 atom stereocenters. The summed E-state index contributed by atoms with van der Waals surface area (Å²) in [5, 5.41) is 7.12. The number of esters is 1. The number of nitrogens with zero attached hydrogens (tertiary/aromatic N) is 5. The second-order valence-electron chi connectivity index (χ2n) is 12.3. The summed E-state index contributed by atoms with van der Waals surface area (Å²) in [6, 6.07) is 5.59. The Kier molecular flexibility index (Phi) is 17.8. The number of ether oxygens (including phenoxy) is 6. The highest BCUT2D eigenvalue weighted by atomic mass is 35.5. The number of carbonyl (C=O) groups excluding carboxylic acids is 1. The topological polar surface area (TPSA) is 142 Å². The van der Waals surface area contributed by atoms with Crippen molar-refractivity contribution >= 4 is 41.1 Å². The number of aromatic nitrogens is 3. The summed E-state index contributed by atoms with van der Waals surface area (Å²) in [6.07, 6.45) is 12.4. The van der Waals surface area contributed by atoms with Gasteiger partial charge in [-0.05, 0) is 49.7 Å². The first-order valence-corrected chi connectivity index (χ1v) is 18.0. The van der Waals surface area contributed by atoms with Crippen molar-refractivity contribution in [3.63, 3.8) is 0 Å². The maximum Gasteiger partial charge on any atom is 0.313 e. The van der Waals surface area contributed by atoms with E-state index in [1.165, 1.54) is 25.7 Å². The molecule has 0 radical (unpaired) electrons. The number of benzene rings is 1. The van der Waals surface area contributed by atoms with Gasteiger partial charge in [0, 0.05) is 39.5 Å². The highest BCUT2D eigenvalue weighted by Gasteiger charge is 2.21. The van der Waals surface area contributed by atoms with E-state index in [0.717, 1.165) is 25.8 Å². The molecule has 1 aromatic carbocycles. The number of likely N-dealkylation sites (N-methyl/N-ethyl adjacent to an activating group) is 1. The Labute approximate surface area is 301 Å².